The number of carbonyl (C=O) groups is 3. The van der Waals surface area contributed by atoms with Crippen molar-refractivity contribution in [2.45, 2.75) is 38.1 Å². The van der Waals surface area contributed by atoms with Crippen molar-refractivity contribution < 1.29 is 32.6 Å². The van der Waals surface area contributed by atoms with E-state index >= 15 is 8.63 Å². The molecule has 190 valence electrons. The fraction of sp³-hybridized carbons (Fsp3) is 0.391. The Morgan fingerprint density at radius 3 is 2.78 bits per heavy atom. The quantitative estimate of drug-likeness (QED) is 0.413. The Balaban J connectivity index is 1.28. The molecule has 1 saturated heterocycles. The van der Waals surface area contributed by atoms with Crippen LogP contribution in [0.15, 0.2) is 35.2 Å². The molecule has 4 aliphatic rings. The SMILES string of the molecule is CSCC1=C(C(=O)O)N2C(=O)C(NC(=O)CCC3=[N+]4C(=Cc5c(C)cc(C)n5[B-]4(F)F)C=C3)C2SC1. The van der Waals surface area contributed by atoms with E-state index in [-0.39, 0.29) is 18.5 Å². The van der Waals surface area contributed by atoms with Crippen molar-refractivity contribution in [3.8, 4) is 0 Å². The average Bonchev–Trinajstić information content (AvgIpc) is 3.36. The van der Waals surface area contributed by atoms with Crippen molar-refractivity contribution in [1.29, 1.82) is 0 Å². The normalized spacial score (nSPS) is 23.8. The lowest BCUT2D eigenvalue weighted by Gasteiger charge is -2.49. The molecule has 13 heteroatoms. The van der Waals surface area contributed by atoms with Gasteiger partial charge in [-0.2, -0.15) is 11.8 Å². The molecule has 1 aromatic rings. The molecule has 0 aromatic carbocycles. The van der Waals surface area contributed by atoms with Crippen LogP contribution in [0.1, 0.15) is 29.8 Å². The summed E-state index contributed by atoms with van der Waals surface area (Å²) in [5.74, 6) is -1.09. The lowest BCUT2D eigenvalue weighted by atomic mass is 9.90. The van der Waals surface area contributed by atoms with Crippen molar-refractivity contribution in [3.05, 3.63) is 52.1 Å². The van der Waals surface area contributed by atoms with Crippen molar-refractivity contribution in [2.24, 2.45) is 0 Å². The minimum atomic E-state index is -4.10. The van der Waals surface area contributed by atoms with Crippen LogP contribution < -0.4 is 5.32 Å². The van der Waals surface area contributed by atoms with E-state index < -0.39 is 36.2 Å². The summed E-state index contributed by atoms with van der Waals surface area (Å²) in [7, 11) is 0. The van der Waals surface area contributed by atoms with Crippen molar-refractivity contribution >= 4 is 60.1 Å². The molecule has 4 aliphatic heterocycles. The van der Waals surface area contributed by atoms with E-state index in [0.717, 1.165) is 14.5 Å². The molecule has 5 heterocycles. The minimum Gasteiger partial charge on any atom is -0.477 e. The van der Waals surface area contributed by atoms with Crippen LogP contribution in [0.2, 0.25) is 0 Å². The summed E-state index contributed by atoms with van der Waals surface area (Å²) < 4.78 is 33.2. The first-order chi connectivity index (χ1) is 17.1. The number of β-lactam (4-membered cyclic amide) rings is 1. The second-order valence-corrected chi connectivity index (χ2v) is 11.2. The molecule has 0 bridgehead atoms. The number of rotatable bonds is 7. The number of aliphatic carboxylic acids is 1. The molecule has 5 rings (SSSR count). The second-order valence-electron chi connectivity index (χ2n) is 9.22. The molecule has 1 fully saturated rings. The van der Waals surface area contributed by atoms with E-state index in [2.05, 4.69) is 5.32 Å². The molecule has 8 nitrogen and oxygen atoms in total. The third-order valence-electron chi connectivity index (χ3n) is 6.90. The zero-order valence-electron chi connectivity index (χ0n) is 20.0. The van der Waals surface area contributed by atoms with Crippen LogP contribution in [0.3, 0.4) is 0 Å². The second kappa shape index (κ2) is 8.95. The first kappa shape index (κ1) is 24.9. The number of thioether (sulfide) groups is 2. The molecule has 2 atom stereocenters. The van der Waals surface area contributed by atoms with Gasteiger partial charge in [-0.1, -0.05) is 0 Å². The monoisotopic (exact) mass is 534 g/mol. The summed E-state index contributed by atoms with van der Waals surface area (Å²) >= 11 is 2.90. The highest BCUT2D eigenvalue weighted by Gasteiger charge is 2.54. The maximum Gasteiger partial charge on any atom is 0.737 e. The van der Waals surface area contributed by atoms with Crippen molar-refractivity contribution in [1.82, 2.24) is 14.7 Å². The number of carbonyl (C=O) groups excluding carboxylic acids is 2. The summed E-state index contributed by atoms with van der Waals surface area (Å²) in [5, 5.41) is 11.8. The van der Waals surface area contributed by atoms with Gasteiger partial charge in [0.1, 0.15) is 22.8 Å². The number of carboxylic acid groups (broad SMARTS) is 1. The van der Waals surface area contributed by atoms with Crippen LogP contribution in [0, 0.1) is 13.8 Å². The molecule has 0 aliphatic carbocycles. The number of carboxylic acids is 1. The van der Waals surface area contributed by atoms with Crippen LogP contribution in [0.5, 0.6) is 0 Å². The molecule has 2 unspecified atom stereocenters. The summed E-state index contributed by atoms with van der Waals surface area (Å²) in [6.45, 7) is -0.650. The highest BCUT2D eigenvalue weighted by molar-refractivity contribution is 8.00. The van der Waals surface area contributed by atoms with Gasteiger partial charge in [0, 0.05) is 48.3 Å². The molecule has 0 saturated carbocycles. The van der Waals surface area contributed by atoms with Gasteiger partial charge in [0.05, 0.1) is 0 Å². The number of nitrogens with one attached hydrogen (secondary N) is 1. The van der Waals surface area contributed by atoms with Gasteiger partial charge < -0.3 is 28.0 Å². The number of nitrogens with zero attached hydrogens (tertiary/aromatic N) is 3. The van der Waals surface area contributed by atoms with Crippen molar-refractivity contribution in [2.75, 3.05) is 17.8 Å². The number of aryl methyl sites for hydroxylation is 2. The molecule has 0 radical (unpaired) electrons. The topological polar surface area (TPSA) is 94.7 Å². The van der Waals surface area contributed by atoms with Gasteiger partial charge in [-0.25, -0.2) is 4.79 Å². The number of hydrogen-bond donors (Lipinski definition) is 2. The van der Waals surface area contributed by atoms with Gasteiger partial charge in [-0.05, 0) is 43.0 Å². The Morgan fingerprint density at radius 2 is 2.08 bits per heavy atom. The standard InChI is InChI=1S/C23H25BF2N4O4S2/c1-12-8-13(2)29-17(12)9-16-5-4-15(30(16)24(29,25)26)6-7-18(31)27-19-21(32)28-20(23(33)34)14(10-35-3)11-36-22(19)28/h4-5,8-9,19,22H,6-7,10-11H2,1-3H3,(H,27,31)(H,33,34). The predicted molar refractivity (Wildman–Crippen MR) is 137 cm³/mol. The number of fused-ring (bicyclic) bond motifs is 3. The van der Waals surface area contributed by atoms with E-state index in [9.17, 15) is 19.5 Å². The zero-order chi connectivity index (χ0) is 25.9. The predicted octanol–water partition coefficient (Wildman–Crippen LogP) is 2.59. The van der Waals surface area contributed by atoms with E-state index in [4.69, 9.17) is 0 Å². The Labute approximate surface area is 215 Å². The number of allylic oxidation sites excluding steroid dienone is 2. The third kappa shape index (κ3) is 3.74. The van der Waals surface area contributed by atoms with E-state index in [1.807, 2.05) is 6.26 Å². The molecular weight excluding hydrogens is 509 g/mol. The molecule has 2 amide bonds. The lowest BCUT2D eigenvalue weighted by Crippen LogP contribution is -2.70. The Morgan fingerprint density at radius 1 is 1.33 bits per heavy atom. The van der Waals surface area contributed by atoms with Crippen molar-refractivity contribution in [3.63, 3.8) is 0 Å². The van der Waals surface area contributed by atoms with E-state index in [1.165, 1.54) is 28.4 Å². The van der Waals surface area contributed by atoms with Gasteiger partial charge in [0.15, 0.2) is 5.70 Å². The fourth-order valence-electron chi connectivity index (χ4n) is 5.35. The summed E-state index contributed by atoms with van der Waals surface area (Å²) in [4.78, 5) is 38.5. The van der Waals surface area contributed by atoms with Crippen LogP contribution in [-0.4, -0.2) is 78.6 Å². The number of halogens is 2. The van der Waals surface area contributed by atoms with Gasteiger partial charge in [-0.3, -0.25) is 14.5 Å². The fourth-order valence-corrected chi connectivity index (χ4v) is 7.41. The Hall–Kier alpha value is -2.80. The van der Waals surface area contributed by atoms with Gasteiger partial charge in [0.2, 0.25) is 5.91 Å². The average molecular weight is 534 g/mol. The molecule has 0 spiro atoms. The lowest BCUT2D eigenvalue weighted by molar-refractivity contribution is -0.362. The van der Waals surface area contributed by atoms with Gasteiger partial charge >= 0.3 is 12.9 Å². The number of amides is 2. The first-order valence-corrected chi connectivity index (χ1v) is 13.9. The zero-order valence-corrected chi connectivity index (χ0v) is 21.6. The highest BCUT2D eigenvalue weighted by Crippen LogP contribution is 2.41. The van der Waals surface area contributed by atoms with Crippen LogP contribution in [0.4, 0.5) is 8.63 Å². The Kier molecular flexibility index (Phi) is 6.18. The van der Waals surface area contributed by atoms with E-state index in [1.54, 1.807) is 38.1 Å². The van der Waals surface area contributed by atoms with Crippen LogP contribution in [-0.2, 0) is 14.4 Å². The largest absolute Gasteiger partial charge is 0.737 e. The van der Waals surface area contributed by atoms with Crippen LogP contribution >= 0.6 is 23.5 Å². The third-order valence-corrected chi connectivity index (χ3v) is 8.88. The first-order valence-electron chi connectivity index (χ1n) is 11.5. The molecule has 36 heavy (non-hydrogen) atoms. The summed E-state index contributed by atoms with van der Waals surface area (Å²) in [5.41, 5.74) is 3.15. The number of hydrogen-bond acceptors (Lipinski definition) is 5. The molecule has 2 N–H and O–H groups in total. The summed E-state index contributed by atoms with van der Waals surface area (Å²) in [6, 6.07) is 0.902. The molecular formula is C23H25BF2N4O4S2. The maximum atomic E-state index is 15.5. The smallest absolute Gasteiger partial charge is 0.477 e. The van der Waals surface area contributed by atoms with E-state index in [0.29, 0.717) is 39.9 Å². The summed E-state index contributed by atoms with van der Waals surface area (Å²) in [6.07, 6.45) is 6.83. The minimum absolute atomic E-state index is 0.000892. The van der Waals surface area contributed by atoms with Gasteiger partial charge in [0.25, 0.3) is 5.91 Å². The number of aromatic nitrogens is 1. The van der Waals surface area contributed by atoms with Crippen LogP contribution in [0.25, 0.3) is 6.08 Å². The maximum absolute atomic E-state index is 15.5. The van der Waals surface area contributed by atoms with Gasteiger partial charge in [-0.15, -0.1) is 11.8 Å². The highest BCUT2D eigenvalue weighted by atomic mass is 32.2. The molecule has 1 aromatic heterocycles. The Bertz CT molecular complexity index is 1330.